The third-order valence-corrected chi connectivity index (χ3v) is 3.42. The minimum atomic E-state index is -4.49. The van der Waals surface area contributed by atoms with Gasteiger partial charge >= 0.3 is 6.18 Å². The molecule has 1 unspecified atom stereocenters. The van der Waals surface area contributed by atoms with Crippen LogP contribution in [-0.4, -0.2) is 30.3 Å². The van der Waals surface area contributed by atoms with E-state index < -0.39 is 17.9 Å². The molecule has 0 amide bonds. The fraction of sp³-hybridized carbons (Fsp3) is 0.909. The van der Waals surface area contributed by atoms with Crippen molar-refractivity contribution >= 4 is 5.84 Å². The molecule has 1 rings (SSSR count). The quantitative estimate of drug-likeness (QED) is 0.227. The fourth-order valence-corrected chi connectivity index (χ4v) is 2.31. The van der Waals surface area contributed by atoms with E-state index in [-0.39, 0.29) is 6.54 Å². The highest BCUT2D eigenvalue weighted by Gasteiger charge is 2.42. The van der Waals surface area contributed by atoms with Crippen molar-refractivity contribution in [3.8, 4) is 0 Å². The zero-order valence-corrected chi connectivity index (χ0v) is 10.2. The van der Waals surface area contributed by atoms with Crippen molar-refractivity contribution in [3.05, 3.63) is 0 Å². The summed E-state index contributed by atoms with van der Waals surface area (Å²) in [5.41, 5.74) is 5.05. The molecule has 1 atom stereocenters. The number of nitrogens with one attached hydrogen (secondary N) is 1. The lowest BCUT2D eigenvalue weighted by Gasteiger charge is -2.19. The van der Waals surface area contributed by atoms with E-state index in [2.05, 4.69) is 10.5 Å². The number of hydrogen-bond donors (Lipinski definition) is 3. The number of amidine groups is 1. The van der Waals surface area contributed by atoms with Crippen molar-refractivity contribution in [2.45, 2.75) is 38.3 Å². The van der Waals surface area contributed by atoms with Gasteiger partial charge in [0.2, 0.25) is 0 Å². The molecule has 106 valence electrons. The summed E-state index contributed by atoms with van der Waals surface area (Å²) in [4.78, 5) is 0. The van der Waals surface area contributed by atoms with Gasteiger partial charge in [0.05, 0.1) is 0 Å². The van der Waals surface area contributed by atoms with Crippen LogP contribution in [0.15, 0.2) is 5.16 Å². The van der Waals surface area contributed by atoms with Gasteiger partial charge in [-0.2, -0.15) is 13.2 Å². The van der Waals surface area contributed by atoms with Gasteiger partial charge in [-0.15, -0.1) is 0 Å². The zero-order chi connectivity index (χ0) is 13.6. The number of halogens is 3. The molecule has 18 heavy (non-hydrogen) atoms. The summed E-state index contributed by atoms with van der Waals surface area (Å²) >= 11 is 0. The van der Waals surface area contributed by atoms with E-state index in [9.17, 15) is 13.2 Å². The molecule has 1 aliphatic rings. The van der Waals surface area contributed by atoms with Crippen molar-refractivity contribution in [2.24, 2.45) is 22.7 Å². The minimum absolute atomic E-state index is 0.341. The number of oxime groups is 1. The molecular formula is C11H20F3N3O. The monoisotopic (exact) mass is 267 g/mol. The molecule has 0 radical (unpaired) electrons. The predicted octanol–water partition coefficient (Wildman–Crippen LogP) is 2.08. The summed E-state index contributed by atoms with van der Waals surface area (Å²) in [5.74, 6) is -2.09. The molecule has 0 aromatic rings. The van der Waals surface area contributed by atoms with Gasteiger partial charge in [-0.1, -0.05) is 30.8 Å². The summed E-state index contributed by atoms with van der Waals surface area (Å²) in [6.07, 6.45) is 1.19. The molecule has 4 nitrogen and oxygen atoms in total. The maximum absolute atomic E-state index is 12.6. The van der Waals surface area contributed by atoms with E-state index in [1.807, 2.05) is 0 Å². The summed E-state index contributed by atoms with van der Waals surface area (Å²) in [5, 5.41) is 13.5. The first kappa shape index (κ1) is 15.1. The Morgan fingerprint density at radius 3 is 2.50 bits per heavy atom. The predicted molar refractivity (Wildman–Crippen MR) is 62.4 cm³/mol. The molecular weight excluding hydrogens is 247 g/mol. The first-order valence-electron chi connectivity index (χ1n) is 6.20. The molecule has 0 aromatic carbocycles. The lowest BCUT2D eigenvalue weighted by Crippen LogP contribution is -2.43. The lowest BCUT2D eigenvalue weighted by atomic mass is 10.0. The Labute approximate surface area is 104 Å². The van der Waals surface area contributed by atoms with Gasteiger partial charge in [-0.3, -0.25) is 0 Å². The SMILES string of the molecule is NC(=NO)C(CNCCC1CCCC1)C(F)(F)F. The van der Waals surface area contributed by atoms with Gasteiger partial charge in [0, 0.05) is 6.54 Å². The maximum atomic E-state index is 12.6. The Morgan fingerprint density at radius 1 is 1.39 bits per heavy atom. The van der Waals surface area contributed by atoms with Crippen LogP contribution in [0.25, 0.3) is 0 Å². The molecule has 7 heteroatoms. The standard InChI is InChI=1S/C11H20F3N3O/c12-11(13,14)9(10(15)17-18)7-16-6-5-8-3-1-2-4-8/h8-9,16,18H,1-7H2,(H2,15,17). The molecule has 0 spiro atoms. The zero-order valence-electron chi connectivity index (χ0n) is 10.2. The van der Waals surface area contributed by atoms with Gasteiger partial charge in [-0.25, -0.2) is 0 Å². The van der Waals surface area contributed by atoms with Gasteiger partial charge in [0.1, 0.15) is 5.92 Å². The minimum Gasteiger partial charge on any atom is -0.409 e. The Morgan fingerprint density at radius 2 is 2.00 bits per heavy atom. The summed E-state index contributed by atoms with van der Waals surface area (Å²) in [7, 11) is 0. The average Bonchev–Trinajstić information content (AvgIpc) is 2.79. The lowest BCUT2D eigenvalue weighted by molar-refractivity contribution is -0.154. The van der Waals surface area contributed by atoms with Crippen LogP contribution in [0.3, 0.4) is 0 Å². The smallest absolute Gasteiger partial charge is 0.400 e. The molecule has 0 bridgehead atoms. The molecule has 1 fully saturated rings. The van der Waals surface area contributed by atoms with E-state index in [4.69, 9.17) is 10.9 Å². The number of hydrogen-bond acceptors (Lipinski definition) is 3. The highest BCUT2D eigenvalue weighted by atomic mass is 19.4. The van der Waals surface area contributed by atoms with Crippen molar-refractivity contribution in [2.75, 3.05) is 13.1 Å². The average molecular weight is 267 g/mol. The van der Waals surface area contributed by atoms with E-state index in [1.54, 1.807) is 0 Å². The maximum Gasteiger partial charge on any atom is 0.400 e. The third-order valence-electron chi connectivity index (χ3n) is 3.42. The second-order valence-electron chi connectivity index (χ2n) is 4.76. The molecule has 0 aromatic heterocycles. The number of nitrogens with zero attached hydrogens (tertiary/aromatic N) is 1. The molecule has 0 saturated heterocycles. The molecule has 1 aliphatic carbocycles. The van der Waals surface area contributed by atoms with Gasteiger partial charge in [0.15, 0.2) is 5.84 Å². The largest absolute Gasteiger partial charge is 0.409 e. The Kier molecular flexibility index (Phi) is 5.71. The van der Waals surface area contributed by atoms with Crippen molar-refractivity contribution in [3.63, 3.8) is 0 Å². The topological polar surface area (TPSA) is 70.6 Å². The van der Waals surface area contributed by atoms with Crippen molar-refractivity contribution in [1.29, 1.82) is 0 Å². The van der Waals surface area contributed by atoms with Crippen LogP contribution in [0.1, 0.15) is 32.1 Å². The molecule has 0 aliphatic heterocycles. The van der Waals surface area contributed by atoms with E-state index in [0.717, 1.165) is 6.42 Å². The van der Waals surface area contributed by atoms with Gasteiger partial charge < -0.3 is 16.3 Å². The first-order valence-corrected chi connectivity index (χ1v) is 6.20. The highest BCUT2D eigenvalue weighted by Crippen LogP contribution is 2.28. The summed E-state index contributed by atoms with van der Waals surface area (Å²) in [6, 6.07) is 0. The summed E-state index contributed by atoms with van der Waals surface area (Å²) in [6.45, 7) is 0.196. The van der Waals surface area contributed by atoms with Crippen LogP contribution >= 0.6 is 0 Å². The van der Waals surface area contributed by atoms with Crippen LogP contribution in [0.4, 0.5) is 13.2 Å². The Hall–Kier alpha value is -0.980. The molecule has 4 N–H and O–H groups in total. The Bertz CT molecular complexity index is 275. The van der Waals surface area contributed by atoms with E-state index in [1.165, 1.54) is 25.7 Å². The van der Waals surface area contributed by atoms with Crippen LogP contribution in [0.2, 0.25) is 0 Å². The van der Waals surface area contributed by atoms with Crippen molar-refractivity contribution < 1.29 is 18.4 Å². The number of alkyl halides is 3. The van der Waals surface area contributed by atoms with Crippen LogP contribution in [0.5, 0.6) is 0 Å². The third kappa shape index (κ3) is 4.72. The van der Waals surface area contributed by atoms with Crippen LogP contribution < -0.4 is 11.1 Å². The van der Waals surface area contributed by atoms with E-state index >= 15 is 0 Å². The molecule has 0 heterocycles. The number of rotatable bonds is 6. The van der Waals surface area contributed by atoms with Crippen molar-refractivity contribution in [1.82, 2.24) is 5.32 Å². The fourth-order valence-electron chi connectivity index (χ4n) is 2.31. The van der Waals surface area contributed by atoms with Gasteiger partial charge in [0.25, 0.3) is 0 Å². The second kappa shape index (κ2) is 6.82. The summed E-state index contributed by atoms with van der Waals surface area (Å²) < 4.78 is 37.7. The highest BCUT2D eigenvalue weighted by molar-refractivity contribution is 5.83. The van der Waals surface area contributed by atoms with Crippen LogP contribution in [-0.2, 0) is 0 Å². The van der Waals surface area contributed by atoms with E-state index in [0.29, 0.717) is 12.5 Å². The number of nitrogens with two attached hydrogens (primary N) is 1. The normalized spacial score (nSPS) is 20.3. The Balaban J connectivity index is 2.29. The first-order chi connectivity index (χ1) is 8.45. The van der Waals surface area contributed by atoms with Gasteiger partial charge in [-0.05, 0) is 18.9 Å². The second-order valence-corrected chi connectivity index (χ2v) is 4.76. The van der Waals surface area contributed by atoms with Crippen LogP contribution in [0, 0.1) is 11.8 Å². The molecule has 1 saturated carbocycles.